The van der Waals surface area contributed by atoms with Crippen LogP contribution in [0.3, 0.4) is 0 Å². The summed E-state index contributed by atoms with van der Waals surface area (Å²) in [5.41, 5.74) is 0.566. The molecule has 2 rings (SSSR count). The molecule has 0 unspecified atom stereocenters. The predicted octanol–water partition coefficient (Wildman–Crippen LogP) is 2.98. The largest absolute Gasteiger partial charge is 0.507 e. The quantitative estimate of drug-likeness (QED) is 0.830. The number of phenols is 1. The van der Waals surface area contributed by atoms with Gasteiger partial charge in [-0.05, 0) is 12.1 Å². The van der Waals surface area contributed by atoms with Crippen LogP contribution in [0, 0.1) is 0 Å². The minimum atomic E-state index is -2.70. The van der Waals surface area contributed by atoms with Crippen LogP contribution in [0.4, 0.5) is 8.78 Å². The molecule has 1 N–H and O–H groups in total. The summed E-state index contributed by atoms with van der Waals surface area (Å²) in [7, 11) is 0. The molecule has 15 heavy (non-hydrogen) atoms. The number of halogens is 2. The van der Waals surface area contributed by atoms with Crippen LogP contribution in [0.2, 0.25) is 0 Å². The molecule has 1 heterocycles. The molecule has 78 valence electrons. The van der Waals surface area contributed by atoms with E-state index in [-0.39, 0.29) is 11.4 Å². The third kappa shape index (κ3) is 1.81. The van der Waals surface area contributed by atoms with Gasteiger partial charge in [0, 0.05) is 11.6 Å². The van der Waals surface area contributed by atoms with Gasteiger partial charge in [0.2, 0.25) is 5.76 Å². The first-order valence-corrected chi connectivity index (χ1v) is 4.21. The van der Waals surface area contributed by atoms with Crippen LogP contribution >= 0.6 is 0 Å². The zero-order chi connectivity index (χ0) is 10.8. The number of phenolic OH excluding ortho intramolecular Hbond substituents is 1. The fraction of sp³-hybridized carbons (Fsp3) is 0.100. The lowest BCUT2D eigenvalue weighted by atomic mass is 10.1. The van der Waals surface area contributed by atoms with Gasteiger partial charge in [0.05, 0.1) is 0 Å². The van der Waals surface area contributed by atoms with Crippen molar-refractivity contribution in [3.05, 3.63) is 36.1 Å². The lowest BCUT2D eigenvalue weighted by molar-refractivity contribution is 0.112. The van der Waals surface area contributed by atoms with Gasteiger partial charge in [-0.2, -0.15) is 0 Å². The number of hydrogen-bond donors (Lipinski definition) is 1. The van der Waals surface area contributed by atoms with Gasteiger partial charge in [0.15, 0.2) is 0 Å². The van der Waals surface area contributed by atoms with E-state index in [9.17, 15) is 13.9 Å². The van der Waals surface area contributed by atoms with Gasteiger partial charge in [0.1, 0.15) is 11.4 Å². The summed E-state index contributed by atoms with van der Waals surface area (Å²) in [6.07, 6.45) is -2.70. The second-order valence-electron chi connectivity index (χ2n) is 2.93. The molecule has 1 aromatic carbocycles. The molecule has 0 radical (unpaired) electrons. The fourth-order valence-corrected chi connectivity index (χ4v) is 1.21. The third-order valence-corrected chi connectivity index (χ3v) is 1.92. The molecule has 0 amide bonds. The number of benzene rings is 1. The number of nitrogens with zero attached hydrogens (tertiary/aromatic N) is 1. The minimum absolute atomic E-state index is 0.0217. The molecule has 0 aliphatic heterocycles. The van der Waals surface area contributed by atoms with Crippen molar-refractivity contribution in [2.45, 2.75) is 6.43 Å². The maximum Gasteiger partial charge on any atom is 0.298 e. The van der Waals surface area contributed by atoms with Crippen molar-refractivity contribution < 1.29 is 18.4 Å². The van der Waals surface area contributed by atoms with Crippen molar-refractivity contribution >= 4 is 0 Å². The molecule has 0 fully saturated rings. The summed E-state index contributed by atoms with van der Waals surface area (Å²) < 4.78 is 28.8. The van der Waals surface area contributed by atoms with Crippen molar-refractivity contribution in [2.75, 3.05) is 0 Å². The summed E-state index contributed by atoms with van der Waals surface area (Å²) in [5.74, 6) is -0.528. The second-order valence-corrected chi connectivity index (χ2v) is 2.93. The first-order valence-electron chi connectivity index (χ1n) is 4.21. The Kier molecular flexibility index (Phi) is 2.37. The molecule has 0 aliphatic rings. The normalized spacial score (nSPS) is 10.9. The molecule has 0 spiro atoms. The van der Waals surface area contributed by atoms with Crippen molar-refractivity contribution in [1.82, 2.24) is 5.16 Å². The lowest BCUT2D eigenvalue weighted by Crippen LogP contribution is -1.78. The minimum Gasteiger partial charge on any atom is -0.507 e. The van der Waals surface area contributed by atoms with E-state index in [0.29, 0.717) is 5.56 Å². The lowest BCUT2D eigenvalue weighted by Gasteiger charge is -1.97. The number of hydrogen-bond acceptors (Lipinski definition) is 3. The number of rotatable bonds is 2. The fourth-order valence-electron chi connectivity index (χ4n) is 1.21. The van der Waals surface area contributed by atoms with Gasteiger partial charge >= 0.3 is 0 Å². The Labute approximate surface area is 83.9 Å². The molecule has 0 saturated carbocycles. The first kappa shape index (κ1) is 9.64. The van der Waals surface area contributed by atoms with Gasteiger partial charge < -0.3 is 9.63 Å². The van der Waals surface area contributed by atoms with E-state index in [1.54, 1.807) is 18.2 Å². The number of para-hydroxylation sites is 1. The summed E-state index contributed by atoms with van der Waals surface area (Å²) in [6.45, 7) is 0. The van der Waals surface area contributed by atoms with Gasteiger partial charge in [-0.15, -0.1) is 0 Å². The summed E-state index contributed by atoms with van der Waals surface area (Å²) in [5, 5.41) is 12.9. The van der Waals surface area contributed by atoms with E-state index in [1.165, 1.54) is 6.07 Å². The Balaban J connectivity index is 2.42. The molecule has 0 saturated heterocycles. The second kappa shape index (κ2) is 3.68. The van der Waals surface area contributed by atoms with E-state index >= 15 is 0 Å². The monoisotopic (exact) mass is 211 g/mol. The van der Waals surface area contributed by atoms with Crippen LogP contribution in [-0.4, -0.2) is 10.3 Å². The maximum absolute atomic E-state index is 12.2. The van der Waals surface area contributed by atoms with Crippen molar-refractivity contribution in [3.8, 4) is 17.0 Å². The van der Waals surface area contributed by atoms with Crippen molar-refractivity contribution in [2.24, 2.45) is 0 Å². The zero-order valence-electron chi connectivity index (χ0n) is 7.52. The molecule has 3 nitrogen and oxygen atoms in total. The molecular formula is C10H7F2NO2. The highest BCUT2D eigenvalue weighted by atomic mass is 19.3. The van der Waals surface area contributed by atoms with Gasteiger partial charge in [-0.25, -0.2) is 8.78 Å². The zero-order valence-corrected chi connectivity index (χ0v) is 7.52. The average molecular weight is 211 g/mol. The summed E-state index contributed by atoms with van der Waals surface area (Å²) >= 11 is 0. The van der Waals surface area contributed by atoms with Crippen LogP contribution in [0.1, 0.15) is 12.2 Å². The van der Waals surface area contributed by atoms with Gasteiger partial charge in [0.25, 0.3) is 6.43 Å². The highest BCUT2D eigenvalue weighted by Gasteiger charge is 2.16. The molecular weight excluding hydrogens is 204 g/mol. The van der Waals surface area contributed by atoms with E-state index in [2.05, 4.69) is 9.68 Å². The smallest absolute Gasteiger partial charge is 0.298 e. The number of aromatic nitrogens is 1. The van der Waals surface area contributed by atoms with Crippen molar-refractivity contribution in [1.29, 1.82) is 0 Å². The predicted molar refractivity (Wildman–Crippen MR) is 48.6 cm³/mol. The van der Waals surface area contributed by atoms with E-state index < -0.39 is 12.2 Å². The standard InChI is InChI=1S/C10H7F2NO2/c11-10(12)9-5-7(13-15-9)6-3-1-2-4-8(6)14/h1-5,10,14H. The first-order chi connectivity index (χ1) is 7.18. The molecule has 2 aromatic rings. The Morgan fingerprint density at radius 1 is 1.27 bits per heavy atom. The average Bonchev–Trinajstić information content (AvgIpc) is 2.67. The van der Waals surface area contributed by atoms with E-state index in [1.807, 2.05) is 0 Å². The highest BCUT2D eigenvalue weighted by molar-refractivity contribution is 5.66. The van der Waals surface area contributed by atoms with Crippen LogP contribution in [0.25, 0.3) is 11.3 Å². The SMILES string of the molecule is Oc1ccccc1-c1cc(C(F)F)on1. The number of aromatic hydroxyl groups is 1. The van der Waals surface area contributed by atoms with Gasteiger partial charge in [-0.3, -0.25) is 0 Å². The molecule has 5 heteroatoms. The van der Waals surface area contributed by atoms with E-state index in [4.69, 9.17) is 0 Å². The Hall–Kier alpha value is -1.91. The highest BCUT2D eigenvalue weighted by Crippen LogP contribution is 2.30. The molecule has 0 bridgehead atoms. The number of alkyl halides is 2. The van der Waals surface area contributed by atoms with Crippen LogP contribution in [0.15, 0.2) is 34.9 Å². The van der Waals surface area contributed by atoms with Crippen LogP contribution < -0.4 is 0 Å². The summed E-state index contributed by atoms with van der Waals surface area (Å²) in [4.78, 5) is 0. The van der Waals surface area contributed by atoms with Gasteiger partial charge in [-0.1, -0.05) is 17.3 Å². The van der Waals surface area contributed by atoms with Crippen molar-refractivity contribution in [3.63, 3.8) is 0 Å². The molecule has 0 atom stereocenters. The molecule has 0 aliphatic carbocycles. The topological polar surface area (TPSA) is 46.3 Å². The van der Waals surface area contributed by atoms with E-state index in [0.717, 1.165) is 6.07 Å². The Morgan fingerprint density at radius 3 is 2.60 bits per heavy atom. The Bertz CT molecular complexity index is 468. The third-order valence-electron chi connectivity index (χ3n) is 1.92. The van der Waals surface area contributed by atoms with Crippen LogP contribution in [0.5, 0.6) is 5.75 Å². The Morgan fingerprint density at radius 2 is 2.00 bits per heavy atom. The maximum atomic E-state index is 12.2. The van der Waals surface area contributed by atoms with Crippen LogP contribution in [-0.2, 0) is 0 Å². The molecule has 1 aromatic heterocycles. The summed E-state index contributed by atoms with van der Waals surface area (Å²) in [6, 6.07) is 7.44.